The molecule has 0 atom stereocenters. The number of benzene rings is 2. The number of carbonyl (C=O) groups excluding carboxylic acids is 1. The van der Waals surface area contributed by atoms with Crippen LogP contribution in [0, 0.1) is 0 Å². The highest BCUT2D eigenvalue weighted by Gasteiger charge is 2.27. The van der Waals surface area contributed by atoms with E-state index in [0.29, 0.717) is 49.6 Å². The van der Waals surface area contributed by atoms with Crippen molar-refractivity contribution in [1.82, 2.24) is 13.9 Å². The molecule has 2 aromatic carbocycles. The molecule has 0 amide bonds. The first-order valence-corrected chi connectivity index (χ1v) is 12.7. The predicted octanol–water partition coefficient (Wildman–Crippen LogP) is 3.64. The maximum Gasteiger partial charge on any atom is 0.243 e. The van der Waals surface area contributed by atoms with Gasteiger partial charge in [0.2, 0.25) is 10.0 Å². The molecule has 33 heavy (non-hydrogen) atoms. The molecule has 0 bridgehead atoms. The van der Waals surface area contributed by atoms with E-state index in [2.05, 4.69) is 11.5 Å². The van der Waals surface area contributed by atoms with E-state index in [9.17, 15) is 13.2 Å². The number of imidazole rings is 1. The zero-order chi connectivity index (χ0) is 23.4. The minimum Gasteiger partial charge on any atom is -0.486 e. The minimum absolute atomic E-state index is 0.0918. The molecule has 1 aliphatic heterocycles. The highest BCUT2D eigenvalue weighted by molar-refractivity contribution is 7.89. The van der Waals surface area contributed by atoms with Crippen LogP contribution in [-0.4, -0.2) is 54.4 Å². The Labute approximate surface area is 194 Å². The third-order valence-corrected chi connectivity index (χ3v) is 7.61. The zero-order valence-electron chi connectivity index (χ0n) is 19.0. The Balaban J connectivity index is 1.59. The summed E-state index contributed by atoms with van der Waals surface area (Å²) in [5.74, 6) is 1.46. The van der Waals surface area contributed by atoms with Gasteiger partial charge in [-0.1, -0.05) is 13.8 Å². The fourth-order valence-corrected chi connectivity index (χ4v) is 5.36. The largest absolute Gasteiger partial charge is 0.486 e. The lowest BCUT2D eigenvalue weighted by Crippen LogP contribution is -2.40. The van der Waals surface area contributed by atoms with Gasteiger partial charge in [0, 0.05) is 31.6 Å². The molecule has 4 rings (SSSR count). The molecule has 1 saturated heterocycles. The maximum atomic E-state index is 13.0. The summed E-state index contributed by atoms with van der Waals surface area (Å²) in [7, 11) is -3.59. The molecule has 0 unspecified atom stereocenters. The first-order valence-electron chi connectivity index (χ1n) is 11.3. The highest BCUT2D eigenvalue weighted by atomic mass is 32.2. The summed E-state index contributed by atoms with van der Waals surface area (Å²) >= 11 is 0. The molecule has 0 saturated carbocycles. The van der Waals surface area contributed by atoms with Crippen molar-refractivity contribution in [2.45, 2.75) is 44.7 Å². The van der Waals surface area contributed by atoms with Crippen molar-refractivity contribution in [3.63, 3.8) is 0 Å². The number of aromatic nitrogens is 2. The summed E-state index contributed by atoms with van der Waals surface area (Å²) in [4.78, 5) is 16.8. The molecule has 2 heterocycles. The highest BCUT2D eigenvalue weighted by Crippen LogP contribution is 2.25. The van der Waals surface area contributed by atoms with Gasteiger partial charge in [-0.2, -0.15) is 4.31 Å². The van der Waals surface area contributed by atoms with Gasteiger partial charge >= 0.3 is 0 Å². The number of fused-ring (bicyclic) bond motifs is 1. The van der Waals surface area contributed by atoms with Crippen LogP contribution >= 0.6 is 0 Å². The van der Waals surface area contributed by atoms with Gasteiger partial charge in [0.15, 0.2) is 5.78 Å². The topological polar surface area (TPSA) is 90.7 Å². The SMILES string of the molecule is CCCn1c(COc2ccc(C(=O)CC)cc2)nc2cc(S(=O)(=O)N3CCOCC3)ccc21. The van der Waals surface area contributed by atoms with E-state index < -0.39 is 10.0 Å². The summed E-state index contributed by atoms with van der Waals surface area (Å²) in [6, 6.07) is 12.2. The lowest BCUT2D eigenvalue weighted by molar-refractivity contribution is 0.0730. The lowest BCUT2D eigenvalue weighted by Gasteiger charge is -2.26. The second-order valence-electron chi connectivity index (χ2n) is 7.94. The van der Waals surface area contributed by atoms with E-state index >= 15 is 0 Å². The molecule has 0 radical (unpaired) electrons. The van der Waals surface area contributed by atoms with Gasteiger partial charge in [-0.25, -0.2) is 13.4 Å². The van der Waals surface area contributed by atoms with E-state index in [0.717, 1.165) is 24.3 Å². The Morgan fingerprint density at radius 1 is 1.09 bits per heavy atom. The quantitative estimate of drug-likeness (QED) is 0.443. The number of carbonyl (C=O) groups is 1. The molecule has 9 heteroatoms. The van der Waals surface area contributed by atoms with E-state index in [1.165, 1.54) is 4.31 Å². The first kappa shape index (κ1) is 23.4. The average molecular weight is 472 g/mol. The number of aryl methyl sites for hydroxylation is 1. The average Bonchev–Trinajstić information content (AvgIpc) is 3.20. The van der Waals surface area contributed by atoms with Crippen LogP contribution < -0.4 is 4.74 Å². The lowest BCUT2D eigenvalue weighted by atomic mass is 10.1. The molecule has 1 aromatic heterocycles. The number of nitrogens with zero attached hydrogens (tertiary/aromatic N) is 3. The third kappa shape index (κ3) is 4.95. The molecule has 0 spiro atoms. The van der Waals surface area contributed by atoms with Crippen LogP contribution in [0.15, 0.2) is 47.4 Å². The fourth-order valence-electron chi connectivity index (χ4n) is 3.93. The minimum atomic E-state index is -3.59. The monoisotopic (exact) mass is 471 g/mol. The van der Waals surface area contributed by atoms with E-state index in [1.54, 1.807) is 36.4 Å². The normalized spacial score (nSPS) is 15.1. The van der Waals surface area contributed by atoms with Crippen LogP contribution in [0.4, 0.5) is 0 Å². The van der Waals surface area contributed by atoms with Crippen molar-refractivity contribution in [2.24, 2.45) is 0 Å². The smallest absolute Gasteiger partial charge is 0.243 e. The summed E-state index contributed by atoms with van der Waals surface area (Å²) < 4.78 is 40.8. The van der Waals surface area contributed by atoms with Gasteiger partial charge in [0.25, 0.3) is 0 Å². The maximum absolute atomic E-state index is 13.0. The van der Waals surface area contributed by atoms with Crippen molar-refractivity contribution in [1.29, 1.82) is 0 Å². The summed E-state index contributed by atoms with van der Waals surface area (Å²) in [5.41, 5.74) is 2.16. The Hall–Kier alpha value is -2.75. The molecular weight excluding hydrogens is 442 g/mol. The van der Waals surface area contributed by atoms with Crippen LogP contribution in [0.3, 0.4) is 0 Å². The van der Waals surface area contributed by atoms with Crippen molar-refractivity contribution >= 4 is 26.8 Å². The van der Waals surface area contributed by atoms with Gasteiger partial charge in [-0.05, 0) is 48.9 Å². The standard InChI is InChI=1S/C24H29N3O5S/c1-3-11-27-22-10-9-20(33(29,30)26-12-14-31-15-13-26)16-21(22)25-24(27)17-32-19-7-5-18(6-8-19)23(28)4-2/h5-10,16H,3-4,11-15,17H2,1-2H3. The van der Waals surface area contributed by atoms with Crippen molar-refractivity contribution in [3.8, 4) is 5.75 Å². The number of hydrogen-bond acceptors (Lipinski definition) is 6. The predicted molar refractivity (Wildman–Crippen MR) is 125 cm³/mol. The summed E-state index contributed by atoms with van der Waals surface area (Å²) in [6.45, 7) is 6.41. The zero-order valence-corrected chi connectivity index (χ0v) is 19.8. The molecule has 1 fully saturated rings. The summed E-state index contributed by atoms with van der Waals surface area (Å²) in [6.07, 6.45) is 1.37. The van der Waals surface area contributed by atoms with Crippen LogP contribution in [-0.2, 0) is 27.9 Å². The number of Topliss-reactive ketones (excluding diaryl/α,β-unsaturated/α-hetero) is 1. The Kier molecular flexibility index (Phi) is 7.11. The van der Waals surface area contributed by atoms with Crippen LogP contribution in [0.2, 0.25) is 0 Å². The van der Waals surface area contributed by atoms with Crippen molar-refractivity contribution in [3.05, 3.63) is 53.9 Å². The van der Waals surface area contributed by atoms with Crippen LogP contribution in [0.25, 0.3) is 11.0 Å². The molecule has 0 N–H and O–H groups in total. The number of sulfonamides is 1. The van der Waals surface area contributed by atoms with Gasteiger partial charge in [0.1, 0.15) is 18.2 Å². The van der Waals surface area contributed by atoms with E-state index in [1.807, 2.05) is 13.0 Å². The molecule has 0 aliphatic carbocycles. The molecule has 8 nitrogen and oxygen atoms in total. The second kappa shape index (κ2) is 10.0. The van der Waals surface area contributed by atoms with Gasteiger partial charge < -0.3 is 14.0 Å². The third-order valence-electron chi connectivity index (χ3n) is 5.72. The van der Waals surface area contributed by atoms with E-state index in [-0.39, 0.29) is 17.3 Å². The Morgan fingerprint density at radius 2 is 1.82 bits per heavy atom. The Bertz CT molecular complexity index is 1230. The first-order chi connectivity index (χ1) is 15.9. The Morgan fingerprint density at radius 3 is 2.48 bits per heavy atom. The van der Waals surface area contributed by atoms with Gasteiger partial charge in [-0.15, -0.1) is 0 Å². The number of ether oxygens (including phenoxy) is 2. The number of rotatable bonds is 9. The molecular formula is C24H29N3O5S. The van der Waals surface area contributed by atoms with Crippen molar-refractivity contribution in [2.75, 3.05) is 26.3 Å². The number of ketones is 1. The molecule has 1 aliphatic rings. The van der Waals surface area contributed by atoms with Crippen molar-refractivity contribution < 1.29 is 22.7 Å². The molecule has 176 valence electrons. The molecule has 3 aromatic rings. The van der Waals surface area contributed by atoms with Crippen LogP contribution in [0.1, 0.15) is 42.9 Å². The van der Waals surface area contributed by atoms with E-state index in [4.69, 9.17) is 14.5 Å². The number of hydrogen-bond donors (Lipinski definition) is 0. The second-order valence-corrected chi connectivity index (χ2v) is 9.87. The van der Waals surface area contributed by atoms with Gasteiger partial charge in [-0.3, -0.25) is 4.79 Å². The van der Waals surface area contributed by atoms with Gasteiger partial charge in [0.05, 0.1) is 29.1 Å². The fraction of sp³-hybridized carbons (Fsp3) is 0.417. The number of morpholine rings is 1. The van der Waals surface area contributed by atoms with Crippen LogP contribution in [0.5, 0.6) is 5.75 Å². The summed E-state index contributed by atoms with van der Waals surface area (Å²) in [5, 5.41) is 0.